The molecule has 1 heterocycles. The summed E-state index contributed by atoms with van der Waals surface area (Å²) in [5.41, 5.74) is 0. The Balaban J connectivity index is 2.13. The van der Waals surface area contributed by atoms with Crippen LogP contribution < -0.4 is 0 Å². The van der Waals surface area contributed by atoms with Crippen molar-refractivity contribution in [1.82, 2.24) is 0 Å². The minimum Gasteiger partial charge on any atom is -0.0813 e. The number of hydrogen-bond donors (Lipinski definition) is 0. The van der Waals surface area contributed by atoms with Gasteiger partial charge in [0, 0.05) is 0 Å². The molecule has 1 atom stereocenters. The molecule has 0 spiro atoms. The average molecular weight is 216 g/mol. The van der Waals surface area contributed by atoms with E-state index in [4.69, 9.17) is 0 Å². The Hall–Kier alpha value is 0.640. The van der Waals surface area contributed by atoms with Gasteiger partial charge in [0.2, 0.25) is 0 Å². The van der Waals surface area contributed by atoms with Crippen molar-refractivity contribution in [3.05, 3.63) is 10.6 Å². The molecule has 1 unspecified atom stereocenters. The Bertz CT molecular complexity index is 248. The van der Waals surface area contributed by atoms with Crippen LogP contribution in [0.5, 0.6) is 0 Å². The van der Waals surface area contributed by atoms with Gasteiger partial charge in [-0.25, -0.2) is 0 Å². The summed E-state index contributed by atoms with van der Waals surface area (Å²) in [5.74, 6) is 0.989. The fourth-order valence-corrected chi connectivity index (χ4v) is 9.23. The van der Waals surface area contributed by atoms with Crippen molar-refractivity contribution in [3.63, 3.8) is 0 Å². The molecule has 0 radical (unpaired) electrons. The third kappa shape index (κ3) is 1.93. The summed E-state index contributed by atoms with van der Waals surface area (Å²) in [6.45, 7) is 2.35. The second-order valence-corrected chi connectivity index (χ2v) is 9.17. The van der Waals surface area contributed by atoms with Crippen molar-refractivity contribution in [3.8, 4) is 0 Å². The van der Waals surface area contributed by atoms with Crippen LogP contribution in [0.25, 0.3) is 0 Å². The molecule has 1 aromatic rings. The Morgan fingerprint density at radius 1 is 1.17 bits per heavy atom. The fraction of sp³-hybridized carbons (Fsp3) is 0.778. The zero-order chi connectivity index (χ0) is 8.39. The molecule has 1 aliphatic rings. The molecule has 0 amide bonds. The quantitative estimate of drug-likeness (QED) is 0.602. The second kappa shape index (κ2) is 4.23. The van der Waals surface area contributed by atoms with Gasteiger partial charge in [0.1, 0.15) is 0 Å². The van der Waals surface area contributed by atoms with Gasteiger partial charge >= 0.3 is 0 Å². The van der Waals surface area contributed by atoms with Gasteiger partial charge in [-0.2, -0.15) is 0 Å². The molecule has 3 heteroatoms. The highest BCUT2D eigenvalue weighted by atomic mass is 32.1. The molecule has 1 aliphatic carbocycles. The van der Waals surface area contributed by atoms with E-state index in [1.54, 1.807) is 21.0 Å². The van der Waals surface area contributed by atoms with Crippen molar-refractivity contribution in [2.75, 3.05) is 0 Å². The molecule has 12 heavy (non-hydrogen) atoms. The molecule has 2 rings (SSSR count). The summed E-state index contributed by atoms with van der Waals surface area (Å²) < 4.78 is 0. The van der Waals surface area contributed by atoms with E-state index >= 15 is 0 Å². The van der Waals surface area contributed by atoms with Crippen molar-refractivity contribution in [1.29, 1.82) is 0 Å². The van der Waals surface area contributed by atoms with E-state index in [-0.39, 0.29) is 0 Å². The average Bonchev–Trinajstić information content (AvgIpc) is 2.53. The minimum absolute atomic E-state index is 0.989. The maximum Gasteiger partial charge on any atom is -0.00573 e. The molecule has 0 aliphatic heterocycles. The van der Waals surface area contributed by atoms with Crippen LogP contribution in [0.1, 0.15) is 48.6 Å². The standard InChI is InChI=1S/C9H15P3/c1-7-9(11-12-10-7)8-5-3-2-4-6-8/h8,12H,2-6H2,1H3. The molecule has 0 saturated heterocycles. The first kappa shape index (κ1) is 9.21. The van der Waals surface area contributed by atoms with Crippen LogP contribution in [0.15, 0.2) is 0 Å². The maximum atomic E-state index is 2.35. The van der Waals surface area contributed by atoms with Crippen LogP contribution in [0, 0.1) is 6.92 Å². The smallest absolute Gasteiger partial charge is 0.00573 e. The molecule has 0 bridgehead atoms. The summed E-state index contributed by atoms with van der Waals surface area (Å²) >= 11 is 0. The molecule has 1 fully saturated rings. The monoisotopic (exact) mass is 216 g/mol. The van der Waals surface area contributed by atoms with Crippen LogP contribution in [0.2, 0.25) is 0 Å². The third-order valence-corrected chi connectivity index (χ3v) is 8.77. The fourth-order valence-electron chi connectivity index (χ4n) is 2.05. The third-order valence-electron chi connectivity index (χ3n) is 2.75. The van der Waals surface area contributed by atoms with Gasteiger partial charge < -0.3 is 0 Å². The molecule has 1 aromatic heterocycles. The maximum absolute atomic E-state index is 2.35. The molecular formula is C9H15P3. The highest BCUT2D eigenvalue weighted by molar-refractivity contribution is 8.17. The molecule has 0 aromatic carbocycles. The van der Waals surface area contributed by atoms with Crippen LogP contribution >= 0.6 is 23.3 Å². The van der Waals surface area contributed by atoms with Crippen molar-refractivity contribution < 1.29 is 0 Å². The first-order chi connectivity index (χ1) is 5.88. The lowest BCUT2D eigenvalue weighted by molar-refractivity contribution is 0.448. The molecular weight excluding hydrogens is 201 g/mol. The second-order valence-electron chi connectivity index (χ2n) is 3.63. The van der Waals surface area contributed by atoms with Gasteiger partial charge in [-0.05, 0) is 52.0 Å². The summed E-state index contributed by atoms with van der Waals surface area (Å²) in [7, 11) is 4.48. The number of hydrogen-bond acceptors (Lipinski definition) is 0. The normalized spacial score (nSPS) is 21.8. The van der Waals surface area contributed by atoms with Gasteiger partial charge in [-0.1, -0.05) is 26.8 Å². The SMILES string of the molecule is Cc1p[pH]pc1C1CCCCC1. The predicted molar refractivity (Wildman–Crippen MR) is 61.5 cm³/mol. The molecule has 0 N–H and O–H groups in total. The van der Waals surface area contributed by atoms with Gasteiger partial charge in [0.15, 0.2) is 0 Å². The molecule has 66 valence electrons. The zero-order valence-corrected chi connectivity index (χ0v) is 10.3. The Labute approximate surface area is 79.2 Å². The van der Waals surface area contributed by atoms with E-state index in [1.165, 1.54) is 32.1 Å². The Morgan fingerprint density at radius 3 is 2.50 bits per heavy atom. The molecule has 1 saturated carbocycles. The predicted octanol–water partition coefficient (Wildman–Crippen LogP) is 5.23. The van der Waals surface area contributed by atoms with E-state index in [0.717, 1.165) is 13.5 Å². The minimum atomic E-state index is 0.989. The van der Waals surface area contributed by atoms with Gasteiger partial charge in [-0.3, -0.25) is 0 Å². The summed E-state index contributed by atoms with van der Waals surface area (Å²) in [6, 6.07) is 0. The summed E-state index contributed by atoms with van der Waals surface area (Å²) in [5, 5.41) is 3.54. The van der Waals surface area contributed by atoms with E-state index in [2.05, 4.69) is 6.92 Å². The van der Waals surface area contributed by atoms with Crippen LogP contribution in [-0.2, 0) is 0 Å². The summed E-state index contributed by atoms with van der Waals surface area (Å²) in [4.78, 5) is 0. The van der Waals surface area contributed by atoms with Crippen LogP contribution in [0.3, 0.4) is 0 Å². The number of rotatable bonds is 1. The van der Waals surface area contributed by atoms with Gasteiger partial charge in [0.05, 0.1) is 0 Å². The van der Waals surface area contributed by atoms with Crippen LogP contribution in [0.4, 0.5) is 0 Å². The summed E-state index contributed by atoms with van der Waals surface area (Å²) in [6.07, 6.45) is 7.42. The Kier molecular flexibility index (Phi) is 3.25. The zero-order valence-electron chi connectivity index (χ0n) is 7.51. The lowest BCUT2D eigenvalue weighted by Crippen LogP contribution is -2.02. The van der Waals surface area contributed by atoms with Crippen molar-refractivity contribution >= 4 is 23.3 Å². The Morgan fingerprint density at radius 2 is 1.92 bits per heavy atom. The first-order valence-electron chi connectivity index (χ1n) is 4.75. The highest BCUT2D eigenvalue weighted by Gasteiger charge is 2.17. The van der Waals surface area contributed by atoms with E-state index < -0.39 is 0 Å². The van der Waals surface area contributed by atoms with Gasteiger partial charge in [-0.15, -0.1) is 0 Å². The largest absolute Gasteiger partial charge is 0.0813 e. The lowest BCUT2D eigenvalue weighted by atomic mass is 9.88. The van der Waals surface area contributed by atoms with Gasteiger partial charge in [0.25, 0.3) is 0 Å². The van der Waals surface area contributed by atoms with Crippen molar-refractivity contribution in [2.45, 2.75) is 44.9 Å². The number of aryl methyl sites for hydroxylation is 1. The van der Waals surface area contributed by atoms with Crippen molar-refractivity contribution in [2.24, 2.45) is 0 Å². The van der Waals surface area contributed by atoms with E-state index in [9.17, 15) is 0 Å². The molecule has 0 nitrogen and oxygen atoms in total. The topological polar surface area (TPSA) is 0 Å². The lowest BCUT2D eigenvalue weighted by Gasteiger charge is -2.21. The first-order valence-corrected chi connectivity index (χ1v) is 9.22. The highest BCUT2D eigenvalue weighted by Crippen LogP contribution is 2.48. The van der Waals surface area contributed by atoms with E-state index in [0.29, 0.717) is 0 Å². The van der Waals surface area contributed by atoms with E-state index in [1.807, 2.05) is 5.30 Å². The van der Waals surface area contributed by atoms with Crippen LogP contribution in [-0.4, -0.2) is 0 Å².